The van der Waals surface area contributed by atoms with E-state index in [1.54, 1.807) is 6.92 Å². The van der Waals surface area contributed by atoms with Crippen molar-refractivity contribution < 1.29 is 4.79 Å². The first-order chi connectivity index (χ1) is 11.0. The highest BCUT2D eigenvalue weighted by molar-refractivity contribution is 5.73. The van der Waals surface area contributed by atoms with Crippen LogP contribution in [0.5, 0.6) is 0 Å². The van der Waals surface area contributed by atoms with Crippen LogP contribution in [0, 0.1) is 5.92 Å². The van der Waals surface area contributed by atoms with Gasteiger partial charge in [0, 0.05) is 64.7 Å². The van der Waals surface area contributed by atoms with Crippen LogP contribution in [-0.2, 0) is 24.8 Å². The zero-order chi connectivity index (χ0) is 16.6. The number of nitrogens with zero attached hydrogens (tertiary/aromatic N) is 4. The third-order valence-corrected chi connectivity index (χ3v) is 5.46. The molecule has 1 aromatic heterocycles. The number of carbonyl (C=O) groups is 1. The largest absolute Gasteiger partial charge is 0.343 e. The summed E-state index contributed by atoms with van der Waals surface area (Å²) in [6, 6.07) is 0. The lowest BCUT2D eigenvalue weighted by atomic mass is 9.95. The molecule has 2 aliphatic rings. The smallest absolute Gasteiger partial charge is 0.219 e. The molecule has 23 heavy (non-hydrogen) atoms. The van der Waals surface area contributed by atoms with E-state index < -0.39 is 0 Å². The molecule has 1 fully saturated rings. The first kappa shape index (κ1) is 16.5. The molecule has 0 radical (unpaired) electrons. The van der Waals surface area contributed by atoms with Gasteiger partial charge in [-0.05, 0) is 18.8 Å². The van der Waals surface area contributed by atoms with E-state index in [-0.39, 0.29) is 5.91 Å². The van der Waals surface area contributed by atoms with E-state index in [9.17, 15) is 4.79 Å². The molecule has 0 saturated carbocycles. The van der Waals surface area contributed by atoms with Crippen molar-refractivity contribution in [1.82, 2.24) is 19.4 Å². The number of fused-ring (bicyclic) bond motifs is 1. The minimum Gasteiger partial charge on any atom is -0.343 e. The second-order valence-electron chi connectivity index (χ2n) is 7.51. The molecule has 3 rings (SSSR count). The fourth-order valence-electron chi connectivity index (χ4n) is 4.07. The van der Waals surface area contributed by atoms with E-state index in [0.29, 0.717) is 5.92 Å². The lowest BCUT2D eigenvalue weighted by Crippen LogP contribution is -2.42. The molecule has 5 heteroatoms. The third kappa shape index (κ3) is 3.44. The number of piperidine rings is 1. The van der Waals surface area contributed by atoms with Crippen molar-refractivity contribution in [3.05, 3.63) is 17.2 Å². The predicted octanol–water partition coefficient (Wildman–Crippen LogP) is 2.16. The second kappa shape index (κ2) is 6.63. The van der Waals surface area contributed by atoms with Crippen molar-refractivity contribution in [2.24, 2.45) is 13.0 Å². The summed E-state index contributed by atoms with van der Waals surface area (Å²) in [6.07, 6.45) is 3.39. The van der Waals surface area contributed by atoms with Crippen molar-refractivity contribution >= 4 is 5.91 Å². The Balaban J connectivity index is 1.58. The van der Waals surface area contributed by atoms with Crippen LogP contribution in [0.2, 0.25) is 0 Å². The van der Waals surface area contributed by atoms with Crippen LogP contribution in [-0.4, -0.2) is 51.4 Å². The van der Waals surface area contributed by atoms with Crippen molar-refractivity contribution in [2.75, 3.05) is 26.2 Å². The van der Waals surface area contributed by atoms with E-state index >= 15 is 0 Å². The molecule has 1 amide bonds. The van der Waals surface area contributed by atoms with Gasteiger partial charge in [-0.25, -0.2) is 4.98 Å². The van der Waals surface area contributed by atoms with Gasteiger partial charge in [-0.1, -0.05) is 13.8 Å². The Hall–Kier alpha value is -1.36. The van der Waals surface area contributed by atoms with Crippen LogP contribution in [0.4, 0.5) is 0 Å². The van der Waals surface area contributed by atoms with Crippen molar-refractivity contribution in [3.63, 3.8) is 0 Å². The number of hydrogen-bond donors (Lipinski definition) is 0. The molecule has 0 unspecified atom stereocenters. The van der Waals surface area contributed by atoms with Crippen molar-refractivity contribution in [2.45, 2.75) is 52.5 Å². The predicted molar refractivity (Wildman–Crippen MR) is 91.3 cm³/mol. The SMILES string of the molecule is CC(=O)N1CCC(CN2CCc3c(nc(C(C)C)n3C)C2)CC1. The molecule has 0 bridgehead atoms. The number of hydrogen-bond acceptors (Lipinski definition) is 3. The van der Waals surface area contributed by atoms with Gasteiger partial charge in [0.15, 0.2) is 0 Å². The Morgan fingerprint density at radius 2 is 1.96 bits per heavy atom. The van der Waals surface area contributed by atoms with Gasteiger partial charge in [-0.15, -0.1) is 0 Å². The normalized spacial score (nSPS) is 20.1. The number of likely N-dealkylation sites (tertiary alicyclic amines) is 1. The van der Waals surface area contributed by atoms with Crippen LogP contribution in [0.3, 0.4) is 0 Å². The maximum atomic E-state index is 11.4. The van der Waals surface area contributed by atoms with Crippen LogP contribution >= 0.6 is 0 Å². The Labute approximate surface area is 139 Å². The first-order valence-corrected chi connectivity index (χ1v) is 8.98. The molecule has 0 spiro atoms. The van der Waals surface area contributed by atoms with E-state index in [4.69, 9.17) is 4.98 Å². The summed E-state index contributed by atoms with van der Waals surface area (Å²) in [5.41, 5.74) is 2.71. The molecule has 3 heterocycles. The highest BCUT2D eigenvalue weighted by Gasteiger charge is 2.27. The Bertz CT molecular complexity index is 570. The lowest BCUT2D eigenvalue weighted by Gasteiger charge is -2.35. The van der Waals surface area contributed by atoms with Gasteiger partial charge in [0.05, 0.1) is 5.69 Å². The molecule has 0 atom stereocenters. The summed E-state index contributed by atoms with van der Waals surface area (Å²) >= 11 is 0. The first-order valence-electron chi connectivity index (χ1n) is 8.98. The Morgan fingerprint density at radius 3 is 2.57 bits per heavy atom. The van der Waals surface area contributed by atoms with Gasteiger partial charge in [0.1, 0.15) is 5.82 Å². The standard InChI is InChI=1S/C18H30N4O/c1-13(2)18-19-16-12-21(8-7-17(16)20(18)4)11-15-5-9-22(10-6-15)14(3)23/h13,15H,5-12H2,1-4H3. The summed E-state index contributed by atoms with van der Waals surface area (Å²) in [4.78, 5) is 20.9. The summed E-state index contributed by atoms with van der Waals surface area (Å²) in [5, 5.41) is 0. The second-order valence-corrected chi connectivity index (χ2v) is 7.51. The van der Waals surface area contributed by atoms with Gasteiger partial charge in [-0.3, -0.25) is 9.69 Å². The lowest BCUT2D eigenvalue weighted by molar-refractivity contribution is -0.130. The molecule has 2 aliphatic heterocycles. The molecular weight excluding hydrogens is 288 g/mol. The van der Waals surface area contributed by atoms with Crippen LogP contribution < -0.4 is 0 Å². The molecule has 1 saturated heterocycles. The zero-order valence-electron chi connectivity index (χ0n) is 15.0. The molecule has 1 aromatic rings. The monoisotopic (exact) mass is 318 g/mol. The summed E-state index contributed by atoms with van der Waals surface area (Å²) in [7, 11) is 2.16. The van der Waals surface area contributed by atoms with Crippen LogP contribution in [0.1, 0.15) is 56.7 Å². The number of imidazole rings is 1. The number of carbonyl (C=O) groups excluding carboxylic acids is 1. The van der Waals surface area contributed by atoms with Crippen LogP contribution in [0.25, 0.3) is 0 Å². The maximum absolute atomic E-state index is 11.4. The number of amides is 1. The highest BCUT2D eigenvalue weighted by atomic mass is 16.2. The minimum absolute atomic E-state index is 0.223. The van der Waals surface area contributed by atoms with E-state index in [1.807, 2.05) is 4.90 Å². The summed E-state index contributed by atoms with van der Waals surface area (Å²) in [5.74, 6) is 2.64. The van der Waals surface area contributed by atoms with Crippen molar-refractivity contribution in [3.8, 4) is 0 Å². The molecule has 5 nitrogen and oxygen atoms in total. The fourth-order valence-corrected chi connectivity index (χ4v) is 4.07. The van der Waals surface area contributed by atoms with Gasteiger partial charge >= 0.3 is 0 Å². The van der Waals surface area contributed by atoms with E-state index in [2.05, 4.69) is 30.4 Å². The molecule has 0 N–H and O–H groups in total. The average molecular weight is 318 g/mol. The van der Waals surface area contributed by atoms with Gasteiger partial charge in [0.2, 0.25) is 5.91 Å². The van der Waals surface area contributed by atoms with Gasteiger partial charge in [0.25, 0.3) is 0 Å². The van der Waals surface area contributed by atoms with E-state index in [0.717, 1.165) is 57.9 Å². The quantitative estimate of drug-likeness (QED) is 0.857. The van der Waals surface area contributed by atoms with Gasteiger partial charge in [-0.2, -0.15) is 0 Å². The average Bonchev–Trinajstić information content (AvgIpc) is 2.84. The molecular formula is C18H30N4O. The number of aromatic nitrogens is 2. The summed E-state index contributed by atoms with van der Waals surface area (Å²) in [6.45, 7) is 11.3. The fraction of sp³-hybridized carbons (Fsp3) is 0.778. The van der Waals surface area contributed by atoms with Gasteiger partial charge < -0.3 is 9.47 Å². The van der Waals surface area contributed by atoms with Crippen LogP contribution in [0.15, 0.2) is 0 Å². The molecule has 0 aliphatic carbocycles. The third-order valence-electron chi connectivity index (χ3n) is 5.46. The summed E-state index contributed by atoms with van der Waals surface area (Å²) < 4.78 is 2.31. The molecule has 128 valence electrons. The molecule has 0 aromatic carbocycles. The van der Waals surface area contributed by atoms with Crippen molar-refractivity contribution in [1.29, 1.82) is 0 Å². The Kier molecular flexibility index (Phi) is 4.76. The topological polar surface area (TPSA) is 41.4 Å². The zero-order valence-corrected chi connectivity index (χ0v) is 15.0. The highest BCUT2D eigenvalue weighted by Crippen LogP contribution is 2.25. The van der Waals surface area contributed by atoms with E-state index in [1.165, 1.54) is 17.2 Å². The maximum Gasteiger partial charge on any atom is 0.219 e. The Morgan fingerprint density at radius 1 is 1.26 bits per heavy atom. The minimum atomic E-state index is 0.223. The number of rotatable bonds is 3.